The van der Waals surface area contributed by atoms with E-state index in [1.54, 1.807) is 16.3 Å². The minimum atomic E-state index is -1.68. The summed E-state index contributed by atoms with van der Waals surface area (Å²) in [6, 6.07) is 1.43. The number of rotatable bonds is 5. The monoisotopic (exact) mass is 532 g/mol. The van der Waals surface area contributed by atoms with E-state index in [9.17, 15) is 0 Å². The number of benzene rings is 1. The van der Waals surface area contributed by atoms with Crippen molar-refractivity contribution in [1.82, 2.24) is 0 Å². The summed E-state index contributed by atoms with van der Waals surface area (Å²) in [5.74, 6) is 2.07. The second-order valence-corrected chi connectivity index (χ2v) is 14.0. The predicted molar refractivity (Wildman–Crippen MR) is 124 cm³/mol. The number of hydrogen-bond donors (Lipinski definition) is 0. The molecule has 0 aromatic heterocycles. The van der Waals surface area contributed by atoms with Crippen LogP contribution >= 0.6 is 0 Å². The van der Waals surface area contributed by atoms with Gasteiger partial charge in [-0.25, -0.2) is 0 Å². The van der Waals surface area contributed by atoms with Gasteiger partial charge in [0.15, 0.2) is 0 Å². The molecule has 2 aliphatic carbocycles. The number of fused-ring (bicyclic) bond motifs is 1. The summed E-state index contributed by atoms with van der Waals surface area (Å²) in [5, 5.41) is 1.80. The zero-order chi connectivity index (χ0) is 19.9. The summed E-state index contributed by atoms with van der Waals surface area (Å²) in [5.41, 5.74) is 8.60. The molecule has 5 unspecified atom stereocenters. The largest absolute Gasteiger partial charge is 4.00 e. The Morgan fingerprint density at radius 1 is 0.839 bits per heavy atom. The van der Waals surface area contributed by atoms with Gasteiger partial charge in [0.05, 0.1) is 8.07 Å². The molecule has 0 heterocycles. The first kappa shape index (κ1) is 33.7. The molecule has 2 aliphatic rings. The maximum absolute atomic E-state index is 2.73. The molecule has 5 heteroatoms. The third-order valence-electron chi connectivity index (χ3n) is 8.09. The van der Waals surface area contributed by atoms with Crippen LogP contribution in [-0.2, 0) is 21.7 Å². The number of allylic oxidation sites excluding steroid dienone is 4. The second kappa shape index (κ2) is 13.4. The van der Waals surface area contributed by atoms with Gasteiger partial charge in [-0.2, -0.15) is 5.92 Å². The summed E-state index contributed by atoms with van der Waals surface area (Å²) in [4.78, 5) is 0. The molecule has 31 heavy (non-hydrogen) atoms. The normalized spacial score (nSPS) is 25.3. The molecule has 172 valence electrons. The van der Waals surface area contributed by atoms with Crippen molar-refractivity contribution >= 4 is 13.3 Å². The molecule has 0 spiro atoms. The van der Waals surface area contributed by atoms with Crippen molar-refractivity contribution in [1.29, 1.82) is 0 Å². The van der Waals surface area contributed by atoms with Gasteiger partial charge in [-0.05, 0) is 68.4 Å². The Hall–Kier alpha value is 0.501. The molecule has 0 aliphatic heterocycles. The Bertz CT molecular complexity index is 760. The van der Waals surface area contributed by atoms with Crippen LogP contribution in [0, 0.1) is 58.8 Å². The van der Waals surface area contributed by atoms with Gasteiger partial charge >= 0.3 is 21.7 Å². The van der Waals surface area contributed by atoms with E-state index in [1.807, 2.05) is 0 Å². The van der Waals surface area contributed by atoms with Crippen molar-refractivity contribution in [2.75, 3.05) is 0 Å². The fraction of sp³-hybridized carbons (Fsp3) is 0.577. The van der Waals surface area contributed by atoms with E-state index in [4.69, 9.17) is 0 Å². The van der Waals surface area contributed by atoms with Crippen LogP contribution in [0.25, 0.3) is 0 Å². The predicted octanol–water partition coefficient (Wildman–Crippen LogP) is -2.09. The first-order chi connectivity index (χ1) is 12.7. The average molecular weight is 534 g/mol. The summed E-state index contributed by atoms with van der Waals surface area (Å²) in [6.45, 7) is 19.4. The van der Waals surface area contributed by atoms with Gasteiger partial charge in [0, 0.05) is 0 Å². The number of halogens is 3. The van der Waals surface area contributed by atoms with Crippen LogP contribution in [0.5, 0.6) is 0 Å². The van der Waals surface area contributed by atoms with Gasteiger partial charge in [-0.1, -0.05) is 68.2 Å². The van der Waals surface area contributed by atoms with Gasteiger partial charge < -0.3 is 43.6 Å². The van der Waals surface area contributed by atoms with Crippen LogP contribution in [0.2, 0.25) is 18.1 Å². The van der Waals surface area contributed by atoms with E-state index >= 15 is 0 Å². The standard InChI is InChI=1S/C26H39Si.3ClH.Ti/c1-9-10-15-27(8,25-17(2)16-23-13-11-12-14-24(23)25)26-21(6)19(4)18(3)20(5)22(26)7;;;;/h11-14,16-17,23-25H,9-10,15H2,1-8H3;3*1H;/q-1;;;;+4/p-3. The van der Waals surface area contributed by atoms with Crippen LogP contribution in [0.15, 0.2) is 24.3 Å². The topological polar surface area (TPSA) is 0 Å². The molecule has 0 radical (unpaired) electrons. The summed E-state index contributed by atoms with van der Waals surface area (Å²) in [6.07, 6.45) is 14.9. The molecular formula is C26H39Cl3SiTi. The summed E-state index contributed by atoms with van der Waals surface area (Å²) >= 11 is 0. The number of hydrogen-bond acceptors (Lipinski definition) is 0. The Balaban J connectivity index is 0. The fourth-order valence-corrected chi connectivity index (χ4v) is 12.9. The van der Waals surface area contributed by atoms with E-state index in [-0.39, 0.29) is 58.9 Å². The van der Waals surface area contributed by atoms with Crippen molar-refractivity contribution in [2.45, 2.75) is 79.4 Å². The Morgan fingerprint density at radius 3 is 1.84 bits per heavy atom. The zero-order valence-electron chi connectivity index (χ0n) is 20.5. The molecule has 0 saturated heterocycles. The molecule has 1 fully saturated rings. The Morgan fingerprint density at radius 2 is 1.32 bits per heavy atom. The minimum Gasteiger partial charge on any atom is -1.00 e. The van der Waals surface area contributed by atoms with Crippen molar-refractivity contribution in [3.05, 3.63) is 58.5 Å². The van der Waals surface area contributed by atoms with Crippen LogP contribution in [-0.4, -0.2) is 8.07 Å². The molecule has 5 atom stereocenters. The fourth-order valence-electron chi connectivity index (χ4n) is 6.38. The third kappa shape index (κ3) is 5.96. The first-order valence-corrected chi connectivity index (χ1v) is 13.8. The number of unbranched alkanes of at least 4 members (excludes halogenated alkanes) is 1. The van der Waals surface area contributed by atoms with Crippen LogP contribution < -0.4 is 42.4 Å². The van der Waals surface area contributed by atoms with Crippen molar-refractivity contribution < 1.29 is 58.9 Å². The SMILES string of the molecule is CCCC[Si](C)(c1c(C)c(C)c(C)c(C)c1C)C1C(C)[CH-]C2C=CC=CC21.[Cl-].[Cl-].[Cl-].[Ti+4]. The van der Waals surface area contributed by atoms with E-state index in [0.29, 0.717) is 17.8 Å². The van der Waals surface area contributed by atoms with Crippen LogP contribution in [0.4, 0.5) is 0 Å². The van der Waals surface area contributed by atoms with Crippen molar-refractivity contribution in [3.63, 3.8) is 0 Å². The molecule has 0 bridgehead atoms. The van der Waals surface area contributed by atoms with Gasteiger partial charge in [0.1, 0.15) is 0 Å². The Labute approximate surface area is 226 Å². The van der Waals surface area contributed by atoms with Crippen LogP contribution in [0.3, 0.4) is 0 Å². The molecule has 3 rings (SSSR count). The maximum Gasteiger partial charge on any atom is 4.00 e. The average Bonchev–Trinajstić information content (AvgIpc) is 2.99. The van der Waals surface area contributed by atoms with Gasteiger partial charge in [-0.15, -0.1) is 12.0 Å². The molecule has 0 amide bonds. The molecule has 1 aromatic carbocycles. The molecule has 1 saturated carbocycles. The van der Waals surface area contributed by atoms with Crippen molar-refractivity contribution in [2.24, 2.45) is 17.8 Å². The third-order valence-corrected chi connectivity index (χ3v) is 13.8. The van der Waals surface area contributed by atoms with Gasteiger partial charge in [-0.3, -0.25) is 0 Å². The molecule has 0 nitrogen and oxygen atoms in total. The minimum absolute atomic E-state index is 0. The second-order valence-electron chi connectivity index (χ2n) is 9.52. The van der Waals surface area contributed by atoms with E-state index < -0.39 is 8.07 Å². The van der Waals surface area contributed by atoms with Crippen molar-refractivity contribution in [3.8, 4) is 0 Å². The van der Waals surface area contributed by atoms with E-state index in [0.717, 1.165) is 5.54 Å². The quantitative estimate of drug-likeness (QED) is 0.301. The van der Waals surface area contributed by atoms with E-state index in [2.05, 4.69) is 85.7 Å². The molecular weight excluding hydrogens is 495 g/mol. The summed E-state index contributed by atoms with van der Waals surface area (Å²) in [7, 11) is -1.68. The van der Waals surface area contributed by atoms with E-state index in [1.165, 1.54) is 35.6 Å². The smallest absolute Gasteiger partial charge is 1.00 e. The van der Waals surface area contributed by atoms with Crippen LogP contribution in [0.1, 0.15) is 54.5 Å². The molecule has 1 aromatic rings. The van der Waals surface area contributed by atoms with Gasteiger partial charge in [0.2, 0.25) is 0 Å². The Kier molecular flexibility index (Phi) is 14.6. The summed E-state index contributed by atoms with van der Waals surface area (Å²) < 4.78 is 0. The maximum atomic E-state index is 2.73. The zero-order valence-corrected chi connectivity index (χ0v) is 25.3. The first-order valence-electron chi connectivity index (χ1n) is 11.0. The molecule has 0 N–H and O–H groups in total. The van der Waals surface area contributed by atoms with Gasteiger partial charge in [0.25, 0.3) is 0 Å².